The fourth-order valence-corrected chi connectivity index (χ4v) is 1.09. The summed E-state index contributed by atoms with van der Waals surface area (Å²) in [5, 5.41) is 28.2. The number of carbonyl (C=O) groups is 1. The highest BCUT2D eigenvalue weighted by molar-refractivity contribution is 6.30. The number of carboxylic acids is 1. The summed E-state index contributed by atoms with van der Waals surface area (Å²) < 4.78 is 0. The molecule has 2 atom stereocenters. The summed E-state index contributed by atoms with van der Waals surface area (Å²) in [6, 6.07) is 0. The van der Waals surface area contributed by atoms with Gasteiger partial charge in [-0.3, -0.25) is 0 Å². The Morgan fingerprint density at radius 1 is 1.58 bits per heavy atom. The van der Waals surface area contributed by atoms with E-state index in [1.807, 2.05) is 0 Å². The van der Waals surface area contributed by atoms with Crippen LogP contribution in [0.4, 0.5) is 0 Å². The highest BCUT2D eigenvalue weighted by Gasteiger charge is 2.22. The normalized spacial score (nSPS) is 29.2. The standard InChI is InChI=1S/C7H7ClO4/c8-4-1-3(7(11)12)2-5(9)6(4)10/h1-2,5-6,9-10H,(H,11,12)/p-1/t5-,6+/m0/s1. The molecular weight excluding hydrogens is 184 g/mol. The van der Waals surface area contributed by atoms with Crippen molar-refractivity contribution in [1.82, 2.24) is 0 Å². The van der Waals surface area contributed by atoms with Gasteiger partial charge in [-0.2, -0.15) is 0 Å². The summed E-state index contributed by atoms with van der Waals surface area (Å²) in [6.07, 6.45) is -0.495. The van der Waals surface area contributed by atoms with Crippen LogP contribution in [0.25, 0.3) is 0 Å². The van der Waals surface area contributed by atoms with E-state index in [0.29, 0.717) is 0 Å². The third-order valence-corrected chi connectivity index (χ3v) is 1.82. The molecule has 66 valence electrons. The van der Waals surface area contributed by atoms with E-state index in [1.165, 1.54) is 0 Å². The zero-order chi connectivity index (χ0) is 9.30. The summed E-state index contributed by atoms with van der Waals surface area (Å²) in [7, 11) is 0. The van der Waals surface area contributed by atoms with Gasteiger partial charge in [0.25, 0.3) is 0 Å². The van der Waals surface area contributed by atoms with Gasteiger partial charge in [-0.05, 0) is 17.7 Å². The van der Waals surface area contributed by atoms with Gasteiger partial charge in [-0.25, -0.2) is 0 Å². The number of aliphatic hydroxyl groups excluding tert-OH is 2. The average Bonchev–Trinajstić information content (AvgIpc) is 1.99. The first-order chi connectivity index (χ1) is 5.52. The van der Waals surface area contributed by atoms with Gasteiger partial charge in [0, 0.05) is 0 Å². The van der Waals surface area contributed by atoms with Crippen molar-refractivity contribution >= 4 is 17.6 Å². The van der Waals surface area contributed by atoms with Crippen LogP contribution in [0.2, 0.25) is 0 Å². The predicted octanol–water partition coefficient (Wildman–Crippen LogP) is -1.48. The van der Waals surface area contributed by atoms with Crippen LogP contribution >= 0.6 is 11.6 Å². The van der Waals surface area contributed by atoms with Crippen LogP contribution in [0.5, 0.6) is 0 Å². The molecule has 0 saturated heterocycles. The lowest BCUT2D eigenvalue weighted by molar-refractivity contribution is -0.298. The van der Waals surface area contributed by atoms with E-state index in [9.17, 15) is 9.90 Å². The van der Waals surface area contributed by atoms with Crippen LogP contribution in [-0.4, -0.2) is 28.4 Å². The number of hydrogen-bond acceptors (Lipinski definition) is 4. The molecule has 0 saturated carbocycles. The van der Waals surface area contributed by atoms with E-state index in [4.69, 9.17) is 21.8 Å². The van der Waals surface area contributed by atoms with Crippen molar-refractivity contribution in [3.8, 4) is 0 Å². The zero-order valence-corrected chi connectivity index (χ0v) is 6.65. The Hall–Kier alpha value is -0.840. The van der Waals surface area contributed by atoms with Crippen molar-refractivity contribution in [3.05, 3.63) is 22.8 Å². The maximum atomic E-state index is 10.3. The van der Waals surface area contributed by atoms with Crippen LogP contribution < -0.4 is 5.11 Å². The number of halogens is 1. The van der Waals surface area contributed by atoms with Gasteiger partial charge in [-0.1, -0.05) is 11.6 Å². The number of aliphatic carboxylic acids is 1. The van der Waals surface area contributed by atoms with Gasteiger partial charge in [0.05, 0.1) is 11.0 Å². The molecule has 0 aromatic carbocycles. The van der Waals surface area contributed by atoms with Crippen molar-refractivity contribution in [2.75, 3.05) is 0 Å². The Bertz CT molecular complexity index is 269. The maximum Gasteiger partial charge on any atom is 0.119 e. The minimum Gasteiger partial charge on any atom is -0.545 e. The lowest BCUT2D eigenvalue weighted by Gasteiger charge is -2.20. The molecule has 1 aliphatic rings. The second-order valence-electron chi connectivity index (χ2n) is 2.37. The monoisotopic (exact) mass is 189 g/mol. The molecule has 0 aromatic rings. The van der Waals surface area contributed by atoms with Crippen molar-refractivity contribution < 1.29 is 20.1 Å². The number of rotatable bonds is 1. The number of aliphatic hydroxyl groups is 2. The van der Waals surface area contributed by atoms with Gasteiger partial charge >= 0.3 is 0 Å². The van der Waals surface area contributed by atoms with Crippen molar-refractivity contribution in [3.63, 3.8) is 0 Å². The number of hydrogen-bond donors (Lipinski definition) is 2. The van der Waals surface area contributed by atoms with Crippen LogP contribution in [-0.2, 0) is 4.79 Å². The summed E-state index contributed by atoms with van der Waals surface area (Å²) >= 11 is 5.42. The molecule has 0 fully saturated rings. The third-order valence-electron chi connectivity index (χ3n) is 1.49. The largest absolute Gasteiger partial charge is 0.545 e. The third kappa shape index (κ3) is 1.66. The average molecular weight is 190 g/mol. The zero-order valence-electron chi connectivity index (χ0n) is 5.90. The quantitative estimate of drug-likeness (QED) is 0.527. The topological polar surface area (TPSA) is 80.6 Å². The summed E-state index contributed by atoms with van der Waals surface area (Å²) in [5.74, 6) is -1.43. The van der Waals surface area contributed by atoms with E-state index >= 15 is 0 Å². The number of carboxylic acid groups (broad SMARTS) is 1. The lowest BCUT2D eigenvalue weighted by atomic mass is 10.0. The molecule has 12 heavy (non-hydrogen) atoms. The fourth-order valence-electron chi connectivity index (χ4n) is 0.847. The molecule has 0 heterocycles. The van der Waals surface area contributed by atoms with Gasteiger partial charge in [0.2, 0.25) is 0 Å². The fraction of sp³-hybridized carbons (Fsp3) is 0.286. The molecule has 5 heteroatoms. The summed E-state index contributed by atoms with van der Waals surface area (Å²) in [5.41, 5.74) is -0.224. The molecule has 0 unspecified atom stereocenters. The van der Waals surface area contributed by atoms with Crippen LogP contribution in [0.3, 0.4) is 0 Å². The van der Waals surface area contributed by atoms with E-state index < -0.39 is 18.2 Å². The second kappa shape index (κ2) is 3.26. The summed E-state index contributed by atoms with van der Waals surface area (Å²) in [4.78, 5) is 10.3. The van der Waals surface area contributed by atoms with Crippen LogP contribution in [0.1, 0.15) is 0 Å². The molecule has 2 N–H and O–H groups in total. The van der Waals surface area contributed by atoms with Crippen molar-refractivity contribution in [2.45, 2.75) is 12.2 Å². The Kier molecular flexibility index (Phi) is 2.52. The molecule has 0 bridgehead atoms. The molecular formula is C7H6ClO4-. The van der Waals surface area contributed by atoms with Gasteiger partial charge in [0.15, 0.2) is 0 Å². The molecule has 4 nitrogen and oxygen atoms in total. The molecule has 0 aromatic heterocycles. The molecule has 0 radical (unpaired) electrons. The predicted molar refractivity (Wildman–Crippen MR) is 39.0 cm³/mol. The Morgan fingerprint density at radius 3 is 2.58 bits per heavy atom. The smallest absolute Gasteiger partial charge is 0.119 e. The van der Waals surface area contributed by atoms with Crippen LogP contribution in [0.15, 0.2) is 22.8 Å². The first kappa shape index (κ1) is 9.25. The first-order valence-electron chi connectivity index (χ1n) is 3.18. The van der Waals surface area contributed by atoms with E-state index in [1.54, 1.807) is 0 Å². The summed E-state index contributed by atoms with van der Waals surface area (Å²) in [6.45, 7) is 0. The molecule has 0 amide bonds. The molecule has 0 aliphatic heterocycles. The first-order valence-corrected chi connectivity index (χ1v) is 3.56. The van der Waals surface area contributed by atoms with Crippen molar-refractivity contribution in [1.29, 1.82) is 0 Å². The van der Waals surface area contributed by atoms with Gasteiger partial charge < -0.3 is 20.1 Å². The highest BCUT2D eigenvalue weighted by atomic mass is 35.5. The molecule has 0 spiro atoms. The highest BCUT2D eigenvalue weighted by Crippen LogP contribution is 2.20. The van der Waals surface area contributed by atoms with E-state index in [0.717, 1.165) is 12.2 Å². The minimum atomic E-state index is -1.43. The SMILES string of the molecule is O=C([O-])C1=C[C@H](O)[C@H](O)C(Cl)=C1. The molecule has 1 rings (SSSR count). The van der Waals surface area contributed by atoms with Crippen molar-refractivity contribution in [2.24, 2.45) is 0 Å². The van der Waals surface area contributed by atoms with E-state index in [2.05, 4.69) is 0 Å². The number of carbonyl (C=O) groups excluding carboxylic acids is 1. The lowest BCUT2D eigenvalue weighted by Crippen LogP contribution is -2.32. The Balaban J connectivity index is 2.95. The van der Waals surface area contributed by atoms with Gasteiger partial charge in [-0.15, -0.1) is 0 Å². The minimum absolute atomic E-state index is 0.107. The van der Waals surface area contributed by atoms with E-state index in [-0.39, 0.29) is 10.6 Å². The van der Waals surface area contributed by atoms with Gasteiger partial charge in [0.1, 0.15) is 12.2 Å². The Morgan fingerprint density at radius 2 is 2.17 bits per heavy atom. The maximum absolute atomic E-state index is 10.3. The van der Waals surface area contributed by atoms with Crippen LogP contribution in [0, 0.1) is 0 Å². The second-order valence-corrected chi connectivity index (χ2v) is 2.81. The Labute approximate surface area is 73.4 Å². The molecule has 1 aliphatic carbocycles.